The number of allylic oxidation sites excluding steroid dienone is 5. The van der Waals surface area contributed by atoms with Gasteiger partial charge in [0.25, 0.3) is 0 Å². The molecule has 0 aromatic heterocycles. The summed E-state index contributed by atoms with van der Waals surface area (Å²) >= 11 is 0. The Bertz CT molecular complexity index is 1050. The zero-order valence-corrected chi connectivity index (χ0v) is 18.9. The van der Waals surface area contributed by atoms with Crippen LogP contribution in [0.2, 0.25) is 0 Å². The standard InChI is InChI=1S/C25H22O3P.Co/c1-25(2,3)29(20-10-6-4-7-11-20,21-12-8-5-9-13-21)24-15-14-19(16-26)22(17-27)23(24)18-28;/h4-15,24H,1-3H3;/q+1;. The van der Waals surface area contributed by atoms with Gasteiger partial charge in [-0.05, 0) is 57.2 Å². The van der Waals surface area contributed by atoms with Gasteiger partial charge in [-0.3, -0.25) is 0 Å². The van der Waals surface area contributed by atoms with Crippen molar-refractivity contribution in [3.63, 3.8) is 0 Å². The van der Waals surface area contributed by atoms with Crippen LogP contribution >= 0.6 is 7.26 Å². The van der Waals surface area contributed by atoms with Crippen molar-refractivity contribution in [3.05, 3.63) is 89.5 Å². The smallest absolute Gasteiger partial charge is 0.135 e. The fraction of sp³-hybridized carbons (Fsp3) is 0.200. The predicted octanol–water partition coefficient (Wildman–Crippen LogP) is 3.66. The molecule has 5 heteroatoms. The fourth-order valence-corrected chi connectivity index (χ4v) is 9.80. The zero-order chi connectivity index (χ0) is 21.1. The van der Waals surface area contributed by atoms with E-state index in [1.54, 1.807) is 18.0 Å². The van der Waals surface area contributed by atoms with Gasteiger partial charge in [-0.2, -0.15) is 0 Å². The average molecular weight is 460 g/mol. The van der Waals surface area contributed by atoms with Crippen molar-refractivity contribution >= 4 is 35.7 Å². The molecule has 1 atom stereocenters. The molecule has 30 heavy (non-hydrogen) atoms. The first-order chi connectivity index (χ1) is 13.9. The van der Waals surface area contributed by atoms with Gasteiger partial charge in [-0.15, -0.1) is 0 Å². The summed E-state index contributed by atoms with van der Waals surface area (Å²) < 4.78 is 0. The molecule has 3 nitrogen and oxygen atoms in total. The van der Waals surface area contributed by atoms with Gasteiger partial charge >= 0.3 is 0 Å². The second-order valence-corrected chi connectivity index (χ2v) is 12.3. The number of carbonyl (C=O) groups excluding carboxylic acids is 3. The Morgan fingerprint density at radius 1 is 0.767 bits per heavy atom. The molecule has 0 bridgehead atoms. The summed E-state index contributed by atoms with van der Waals surface area (Å²) in [6, 6.07) is 20.2. The van der Waals surface area contributed by atoms with E-state index in [0.29, 0.717) is 0 Å². The molecule has 0 heterocycles. The van der Waals surface area contributed by atoms with E-state index in [1.807, 2.05) is 48.4 Å². The van der Waals surface area contributed by atoms with Crippen molar-refractivity contribution in [1.29, 1.82) is 0 Å². The second kappa shape index (κ2) is 9.52. The van der Waals surface area contributed by atoms with Crippen molar-refractivity contribution in [1.82, 2.24) is 0 Å². The van der Waals surface area contributed by atoms with Crippen LogP contribution < -0.4 is 10.6 Å². The van der Waals surface area contributed by atoms with E-state index in [2.05, 4.69) is 45.0 Å². The molecule has 1 radical (unpaired) electrons. The Hall–Kier alpha value is -2.53. The molecule has 1 aliphatic carbocycles. The summed E-state index contributed by atoms with van der Waals surface area (Å²) in [4.78, 5) is 35.2. The maximum Gasteiger partial charge on any atom is 0.135 e. The summed E-state index contributed by atoms with van der Waals surface area (Å²) in [5.74, 6) is 5.53. The van der Waals surface area contributed by atoms with Crippen molar-refractivity contribution in [2.45, 2.75) is 31.6 Å². The molecule has 0 spiro atoms. The molecular formula is C25H22CoO3P+. The van der Waals surface area contributed by atoms with Gasteiger partial charge in [0.1, 0.15) is 39.7 Å². The van der Waals surface area contributed by atoms with Gasteiger partial charge in [0, 0.05) is 16.8 Å². The Labute approximate surface area is 187 Å². The summed E-state index contributed by atoms with van der Waals surface area (Å²) in [6.07, 6.45) is 3.45. The topological polar surface area (TPSA) is 51.2 Å². The minimum Gasteiger partial charge on any atom is -0.233 e. The molecule has 0 saturated carbocycles. The molecule has 0 saturated heterocycles. The third kappa shape index (κ3) is 3.78. The van der Waals surface area contributed by atoms with Crippen LogP contribution in [0.4, 0.5) is 0 Å². The molecule has 2 aromatic carbocycles. The number of benzene rings is 2. The van der Waals surface area contributed by atoms with E-state index >= 15 is 0 Å². The van der Waals surface area contributed by atoms with Crippen molar-refractivity contribution in [2.75, 3.05) is 0 Å². The molecule has 153 valence electrons. The molecular weight excluding hydrogens is 438 g/mol. The fourth-order valence-electron chi connectivity index (χ4n) is 4.28. The Balaban J connectivity index is 0.00000320. The van der Waals surface area contributed by atoms with Crippen molar-refractivity contribution in [2.24, 2.45) is 0 Å². The van der Waals surface area contributed by atoms with Gasteiger partial charge in [-0.1, -0.05) is 36.4 Å². The Morgan fingerprint density at radius 2 is 1.27 bits per heavy atom. The molecule has 3 rings (SSSR count). The molecule has 1 unspecified atom stereocenters. The van der Waals surface area contributed by atoms with Crippen LogP contribution in [0.15, 0.2) is 89.5 Å². The second-order valence-electron chi connectivity index (χ2n) is 7.88. The molecule has 2 aromatic rings. The van der Waals surface area contributed by atoms with Gasteiger partial charge in [0.2, 0.25) is 0 Å². The van der Waals surface area contributed by atoms with Gasteiger partial charge in [-0.25, -0.2) is 14.4 Å². The molecule has 0 N–H and O–H groups in total. The molecule has 1 aliphatic rings. The minimum atomic E-state index is -2.35. The number of rotatable bonds is 3. The summed E-state index contributed by atoms with van der Waals surface area (Å²) in [6.45, 7) is 6.48. The maximum atomic E-state index is 12.1. The maximum absolute atomic E-state index is 12.1. The van der Waals surface area contributed by atoms with Crippen molar-refractivity contribution < 1.29 is 31.2 Å². The van der Waals surface area contributed by atoms with Crippen LogP contribution in [0, 0.1) is 0 Å². The first-order valence-electron chi connectivity index (χ1n) is 9.36. The first kappa shape index (κ1) is 23.7. The van der Waals surface area contributed by atoms with Gasteiger partial charge in [0.15, 0.2) is 0 Å². The van der Waals surface area contributed by atoms with Crippen LogP contribution in [0.25, 0.3) is 0 Å². The third-order valence-electron chi connectivity index (χ3n) is 5.40. The summed E-state index contributed by atoms with van der Waals surface area (Å²) in [5, 5.41) is 1.97. The van der Waals surface area contributed by atoms with Crippen molar-refractivity contribution in [3.8, 4) is 0 Å². The van der Waals surface area contributed by atoms with Crippen LogP contribution in [-0.2, 0) is 31.2 Å². The van der Waals surface area contributed by atoms with E-state index in [0.717, 1.165) is 10.6 Å². The van der Waals surface area contributed by atoms with Crippen LogP contribution in [0.5, 0.6) is 0 Å². The van der Waals surface area contributed by atoms with E-state index < -0.39 is 12.9 Å². The SMILES string of the molecule is CC(C)(C)[P+](c1ccccc1)(c1ccccc1)C1C=CC(=C=O)C(=C=O)C1=C=O.[Co]. The molecule has 0 aliphatic heterocycles. The quantitative estimate of drug-likeness (QED) is 0.519. The summed E-state index contributed by atoms with van der Waals surface area (Å²) in [7, 11) is -2.35. The van der Waals surface area contributed by atoms with E-state index in [9.17, 15) is 14.4 Å². The van der Waals surface area contributed by atoms with E-state index in [-0.39, 0.29) is 38.7 Å². The van der Waals surface area contributed by atoms with Crippen LogP contribution in [-0.4, -0.2) is 28.6 Å². The normalized spacial score (nSPS) is 16.2. The Kier molecular flexibility index (Phi) is 7.53. The molecule has 0 amide bonds. The largest absolute Gasteiger partial charge is 0.233 e. The first-order valence-corrected chi connectivity index (χ1v) is 11.2. The third-order valence-corrected chi connectivity index (χ3v) is 11.0. The van der Waals surface area contributed by atoms with Crippen LogP contribution in [0.1, 0.15) is 20.8 Å². The minimum absolute atomic E-state index is 0. The zero-order valence-electron chi connectivity index (χ0n) is 17.0. The monoisotopic (exact) mass is 460 g/mol. The van der Waals surface area contributed by atoms with Crippen LogP contribution in [0.3, 0.4) is 0 Å². The van der Waals surface area contributed by atoms with Gasteiger partial charge in [0.05, 0.1) is 23.6 Å². The van der Waals surface area contributed by atoms with E-state index in [4.69, 9.17) is 0 Å². The number of hydrogen-bond acceptors (Lipinski definition) is 3. The summed E-state index contributed by atoms with van der Waals surface area (Å²) in [5.41, 5.74) is -0.221. The van der Waals surface area contributed by atoms with E-state index in [1.165, 1.54) is 0 Å². The number of hydrogen-bond donors (Lipinski definition) is 0. The molecule has 0 fully saturated rings. The predicted molar refractivity (Wildman–Crippen MR) is 119 cm³/mol. The average Bonchev–Trinajstić information content (AvgIpc) is 2.74. The Morgan fingerprint density at radius 3 is 1.63 bits per heavy atom. The van der Waals surface area contributed by atoms with Gasteiger partial charge < -0.3 is 0 Å².